The molecule has 0 aliphatic rings. The minimum Gasteiger partial charge on any atom is -0.376 e. The molecule has 0 bridgehead atoms. The van der Waals surface area contributed by atoms with Gasteiger partial charge in [-0.3, -0.25) is 4.79 Å². The summed E-state index contributed by atoms with van der Waals surface area (Å²) in [4.78, 5) is 11.9. The summed E-state index contributed by atoms with van der Waals surface area (Å²) in [7, 11) is 0. The molecule has 5 heteroatoms. The molecule has 0 aliphatic carbocycles. The van der Waals surface area contributed by atoms with Gasteiger partial charge < -0.3 is 5.32 Å². The highest BCUT2D eigenvalue weighted by Crippen LogP contribution is 2.18. The largest absolute Gasteiger partial charge is 0.376 e. The minimum absolute atomic E-state index is 0.110. The lowest BCUT2D eigenvalue weighted by Gasteiger charge is -2.07. The van der Waals surface area contributed by atoms with Crippen molar-refractivity contribution < 1.29 is 9.18 Å². The number of carbonyl (C=O) groups is 1. The first-order chi connectivity index (χ1) is 12.1. The van der Waals surface area contributed by atoms with E-state index in [0.29, 0.717) is 5.71 Å². The van der Waals surface area contributed by atoms with E-state index < -0.39 is 0 Å². The zero-order chi connectivity index (χ0) is 17.6. The van der Waals surface area contributed by atoms with Crippen LogP contribution in [0.15, 0.2) is 71.8 Å². The molecule has 0 unspecified atom stereocenters. The van der Waals surface area contributed by atoms with Gasteiger partial charge in [0.25, 0.3) is 5.91 Å². The van der Waals surface area contributed by atoms with Crippen molar-refractivity contribution in [1.29, 1.82) is 0 Å². The van der Waals surface area contributed by atoms with Crippen molar-refractivity contribution in [2.24, 2.45) is 5.10 Å². The molecule has 0 atom stereocenters. The summed E-state index contributed by atoms with van der Waals surface area (Å²) in [5.41, 5.74) is 4.73. The molecule has 0 radical (unpaired) electrons. The number of halogens is 1. The molecule has 0 aromatic heterocycles. The number of rotatable bonds is 5. The third-order valence-electron chi connectivity index (χ3n) is 3.81. The number of nitrogens with one attached hydrogen (secondary N) is 2. The fraction of sp³-hybridized carbons (Fsp3) is 0.100. The summed E-state index contributed by atoms with van der Waals surface area (Å²) in [5.74, 6) is -0.560. The number of hydrogen-bond donors (Lipinski definition) is 2. The van der Waals surface area contributed by atoms with Gasteiger partial charge in [-0.25, -0.2) is 9.82 Å². The van der Waals surface area contributed by atoms with Crippen LogP contribution in [-0.4, -0.2) is 18.2 Å². The highest BCUT2D eigenvalue weighted by molar-refractivity contribution is 5.99. The van der Waals surface area contributed by atoms with Crippen LogP contribution in [0.5, 0.6) is 0 Å². The first-order valence-electron chi connectivity index (χ1n) is 7.93. The highest BCUT2D eigenvalue weighted by Gasteiger charge is 2.03. The molecule has 3 aromatic rings. The molecule has 3 rings (SSSR count). The van der Waals surface area contributed by atoms with E-state index in [1.165, 1.54) is 12.1 Å². The van der Waals surface area contributed by atoms with E-state index in [9.17, 15) is 9.18 Å². The molecule has 0 aliphatic heterocycles. The van der Waals surface area contributed by atoms with Gasteiger partial charge in [-0.1, -0.05) is 42.5 Å². The molecule has 1 amide bonds. The predicted molar refractivity (Wildman–Crippen MR) is 99.2 cm³/mol. The standard InChI is InChI=1S/C20H18FN3O/c1-14(15-6-9-18(21)10-7-15)23-24-20(25)13-22-19-11-8-16-4-2-3-5-17(16)12-19/h2-12,22H,13H2,1H3,(H,24,25). The quantitative estimate of drug-likeness (QED) is 0.548. The topological polar surface area (TPSA) is 53.5 Å². The van der Waals surface area contributed by atoms with E-state index in [-0.39, 0.29) is 18.3 Å². The fourth-order valence-corrected chi connectivity index (χ4v) is 2.42. The van der Waals surface area contributed by atoms with Crippen molar-refractivity contribution in [1.82, 2.24) is 5.43 Å². The van der Waals surface area contributed by atoms with Gasteiger partial charge in [0, 0.05) is 5.69 Å². The van der Waals surface area contributed by atoms with E-state index in [1.54, 1.807) is 19.1 Å². The van der Waals surface area contributed by atoms with Crippen LogP contribution in [0.25, 0.3) is 10.8 Å². The van der Waals surface area contributed by atoms with Crippen molar-refractivity contribution in [3.05, 3.63) is 78.1 Å². The lowest BCUT2D eigenvalue weighted by atomic mass is 10.1. The van der Waals surface area contributed by atoms with E-state index in [0.717, 1.165) is 22.0 Å². The van der Waals surface area contributed by atoms with Crippen LogP contribution in [0, 0.1) is 5.82 Å². The first kappa shape index (κ1) is 16.6. The molecule has 126 valence electrons. The lowest BCUT2D eigenvalue weighted by molar-refractivity contribution is -0.119. The molecular formula is C20H18FN3O. The smallest absolute Gasteiger partial charge is 0.259 e. The number of fused-ring (bicyclic) bond motifs is 1. The van der Waals surface area contributed by atoms with Gasteiger partial charge in [0.2, 0.25) is 0 Å². The summed E-state index contributed by atoms with van der Waals surface area (Å²) >= 11 is 0. The molecular weight excluding hydrogens is 317 g/mol. The monoisotopic (exact) mass is 335 g/mol. The molecule has 2 N–H and O–H groups in total. The second-order valence-electron chi connectivity index (χ2n) is 5.65. The Morgan fingerprint density at radius 1 is 1.00 bits per heavy atom. The van der Waals surface area contributed by atoms with Crippen molar-refractivity contribution in [2.75, 3.05) is 11.9 Å². The number of anilines is 1. The Balaban J connectivity index is 1.56. The van der Waals surface area contributed by atoms with Crippen molar-refractivity contribution in [2.45, 2.75) is 6.92 Å². The maximum Gasteiger partial charge on any atom is 0.259 e. The molecule has 0 spiro atoms. The minimum atomic E-state index is -0.305. The number of carbonyl (C=O) groups excluding carboxylic acids is 1. The zero-order valence-electron chi connectivity index (χ0n) is 13.8. The summed E-state index contributed by atoms with van der Waals surface area (Å²) < 4.78 is 12.9. The summed E-state index contributed by atoms with van der Waals surface area (Å²) in [6.45, 7) is 1.86. The van der Waals surface area contributed by atoms with E-state index in [4.69, 9.17) is 0 Å². The second kappa shape index (κ2) is 7.57. The molecule has 0 heterocycles. The SMILES string of the molecule is CC(=NNC(=O)CNc1ccc2ccccc2c1)c1ccc(F)cc1. The Hall–Kier alpha value is -3.21. The lowest BCUT2D eigenvalue weighted by Crippen LogP contribution is -2.26. The predicted octanol–water partition coefficient (Wildman–Crippen LogP) is 3.93. The third kappa shape index (κ3) is 4.41. The van der Waals surface area contributed by atoms with Crippen LogP contribution in [0.2, 0.25) is 0 Å². The average Bonchev–Trinajstić information content (AvgIpc) is 2.65. The Morgan fingerprint density at radius 3 is 2.48 bits per heavy atom. The Labute approximate surface area is 145 Å². The van der Waals surface area contributed by atoms with Crippen LogP contribution >= 0.6 is 0 Å². The van der Waals surface area contributed by atoms with Crippen LogP contribution in [0.4, 0.5) is 10.1 Å². The van der Waals surface area contributed by atoms with E-state index in [1.807, 2.05) is 42.5 Å². The normalized spacial score (nSPS) is 11.4. The van der Waals surface area contributed by atoms with Crippen LogP contribution in [0.3, 0.4) is 0 Å². The van der Waals surface area contributed by atoms with Gasteiger partial charge in [0.15, 0.2) is 0 Å². The van der Waals surface area contributed by atoms with Gasteiger partial charge in [-0.15, -0.1) is 0 Å². The number of benzene rings is 3. The van der Waals surface area contributed by atoms with Gasteiger partial charge >= 0.3 is 0 Å². The van der Waals surface area contributed by atoms with Crippen LogP contribution in [-0.2, 0) is 4.79 Å². The Kier molecular flexibility index (Phi) is 5.04. The van der Waals surface area contributed by atoms with Crippen molar-refractivity contribution in [3.63, 3.8) is 0 Å². The molecule has 0 saturated heterocycles. The zero-order valence-corrected chi connectivity index (χ0v) is 13.8. The molecule has 3 aromatic carbocycles. The van der Waals surface area contributed by atoms with Crippen LogP contribution < -0.4 is 10.7 Å². The van der Waals surface area contributed by atoms with Gasteiger partial charge in [0.05, 0.1) is 12.3 Å². The summed E-state index contributed by atoms with van der Waals surface area (Å²) in [6.07, 6.45) is 0. The maximum absolute atomic E-state index is 12.9. The second-order valence-corrected chi connectivity index (χ2v) is 5.65. The number of nitrogens with zero attached hydrogens (tertiary/aromatic N) is 1. The van der Waals surface area contributed by atoms with E-state index in [2.05, 4.69) is 15.8 Å². The molecule has 25 heavy (non-hydrogen) atoms. The Morgan fingerprint density at radius 2 is 1.72 bits per heavy atom. The van der Waals surface area contributed by atoms with Crippen molar-refractivity contribution >= 4 is 28.1 Å². The number of hydrogen-bond acceptors (Lipinski definition) is 3. The molecule has 0 saturated carbocycles. The number of amides is 1. The summed E-state index contributed by atoms with van der Waals surface area (Å²) in [5, 5.41) is 9.38. The van der Waals surface area contributed by atoms with Gasteiger partial charge in [0.1, 0.15) is 5.82 Å². The number of hydrazone groups is 1. The Bertz CT molecular complexity index is 920. The third-order valence-corrected chi connectivity index (χ3v) is 3.81. The summed E-state index contributed by atoms with van der Waals surface area (Å²) in [6, 6.07) is 19.9. The highest BCUT2D eigenvalue weighted by atomic mass is 19.1. The van der Waals surface area contributed by atoms with Gasteiger partial charge in [-0.05, 0) is 47.5 Å². The van der Waals surface area contributed by atoms with Crippen LogP contribution in [0.1, 0.15) is 12.5 Å². The maximum atomic E-state index is 12.9. The van der Waals surface area contributed by atoms with Gasteiger partial charge in [-0.2, -0.15) is 5.10 Å². The van der Waals surface area contributed by atoms with Crippen molar-refractivity contribution in [3.8, 4) is 0 Å². The average molecular weight is 335 g/mol. The fourth-order valence-electron chi connectivity index (χ4n) is 2.42. The van der Waals surface area contributed by atoms with E-state index >= 15 is 0 Å². The molecule has 4 nitrogen and oxygen atoms in total. The molecule has 0 fully saturated rings. The first-order valence-corrected chi connectivity index (χ1v) is 7.93.